The van der Waals surface area contributed by atoms with Crippen LogP contribution < -0.4 is 5.32 Å². The number of hydrogen-bond acceptors (Lipinski definition) is 4. The Hall–Kier alpha value is -0.810. The highest BCUT2D eigenvalue weighted by Crippen LogP contribution is 2.17. The average molecular weight is 231 g/mol. The van der Waals surface area contributed by atoms with Crippen molar-refractivity contribution in [3.8, 4) is 0 Å². The molecule has 94 valence electrons. The quantitative estimate of drug-likeness (QED) is 0.745. The first-order valence-electron chi connectivity index (χ1n) is 5.57. The van der Waals surface area contributed by atoms with Crippen LogP contribution in [-0.4, -0.2) is 41.7 Å². The predicted octanol–water partition coefficient (Wildman–Crippen LogP) is 1.05. The summed E-state index contributed by atoms with van der Waals surface area (Å²) in [6.45, 7) is 7.55. The van der Waals surface area contributed by atoms with Gasteiger partial charge in [-0.15, -0.1) is 0 Å². The van der Waals surface area contributed by atoms with Crippen molar-refractivity contribution in [2.75, 3.05) is 6.61 Å². The third kappa shape index (κ3) is 4.37. The molecule has 1 heterocycles. The maximum atomic E-state index is 11.4. The van der Waals surface area contributed by atoms with E-state index in [-0.39, 0.29) is 12.1 Å². The molecule has 0 saturated carbocycles. The Bertz CT molecular complexity index is 247. The third-order valence-electron chi connectivity index (χ3n) is 2.29. The fourth-order valence-corrected chi connectivity index (χ4v) is 1.57. The molecule has 0 aromatic heterocycles. The molecule has 0 aromatic carbocycles. The molecule has 16 heavy (non-hydrogen) atoms. The highest BCUT2D eigenvalue weighted by molar-refractivity contribution is 5.68. The fraction of sp³-hybridized carbons (Fsp3) is 0.909. The van der Waals surface area contributed by atoms with Crippen LogP contribution in [-0.2, 0) is 9.47 Å². The molecule has 0 aromatic rings. The van der Waals surface area contributed by atoms with Crippen LogP contribution in [0.15, 0.2) is 0 Å². The summed E-state index contributed by atoms with van der Waals surface area (Å²) in [7, 11) is 0. The summed E-state index contributed by atoms with van der Waals surface area (Å²) in [5.74, 6) is 0. The van der Waals surface area contributed by atoms with Gasteiger partial charge in [-0.25, -0.2) is 4.79 Å². The zero-order valence-electron chi connectivity index (χ0n) is 10.3. The number of carbonyl (C=O) groups excluding carboxylic acids is 1. The molecule has 5 nitrogen and oxygen atoms in total. The van der Waals surface area contributed by atoms with E-state index in [1.54, 1.807) is 6.92 Å². The lowest BCUT2D eigenvalue weighted by atomic mass is 10.1. The first kappa shape index (κ1) is 13.3. The maximum Gasteiger partial charge on any atom is 0.407 e. The van der Waals surface area contributed by atoms with Crippen molar-refractivity contribution in [2.24, 2.45) is 0 Å². The molecule has 0 aliphatic carbocycles. The molecule has 1 amide bonds. The SMILES string of the molecule is CC(O)C1CC(NC(=O)OC(C)(C)C)CO1. The minimum atomic E-state index is -0.509. The molecular weight excluding hydrogens is 210 g/mol. The minimum absolute atomic E-state index is 0.0746. The Morgan fingerprint density at radius 2 is 2.19 bits per heavy atom. The van der Waals surface area contributed by atoms with Crippen LogP contribution in [0, 0.1) is 0 Å². The van der Waals surface area contributed by atoms with Crippen LogP contribution in [0.1, 0.15) is 34.1 Å². The summed E-state index contributed by atoms with van der Waals surface area (Å²) in [6.07, 6.45) is -0.519. The van der Waals surface area contributed by atoms with Crippen molar-refractivity contribution in [1.82, 2.24) is 5.32 Å². The van der Waals surface area contributed by atoms with E-state index in [1.165, 1.54) is 0 Å². The van der Waals surface area contributed by atoms with E-state index in [2.05, 4.69) is 5.32 Å². The Balaban J connectivity index is 2.32. The summed E-state index contributed by atoms with van der Waals surface area (Å²) >= 11 is 0. The number of ether oxygens (including phenoxy) is 2. The highest BCUT2D eigenvalue weighted by atomic mass is 16.6. The van der Waals surface area contributed by atoms with Gasteiger partial charge < -0.3 is 19.9 Å². The van der Waals surface area contributed by atoms with E-state index in [1.807, 2.05) is 20.8 Å². The molecule has 0 bridgehead atoms. The van der Waals surface area contributed by atoms with E-state index in [4.69, 9.17) is 9.47 Å². The number of carbonyl (C=O) groups is 1. The molecule has 3 atom stereocenters. The topological polar surface area (TPSA) is 67.8 Å². The smallest absolute Gasteiger partial charge is 0.407 e. The molecule has 0 spiro atoms. The molecule has 5 heteroatoms. The molecule has 1 aliphatic heterocycles. The molecule has 1 aliphatic rings. The van der Waals surface area contributed by atoms with Gasteiger partial charge >= 0.3 is 6.09 Å². The maximum absolute atomic E-state index is 11.4. The second kappa shape index (κ2) is 5.01. The number of rotatable bonds is 2. The lowest BCUT2D eigenvalue weighted by molar-refractivity contribution is 0.00797. The highest BCUT2D eigenvalue weighted by Gasteiger charge is 2.30. The monoisotopic (exact) mass is 231 g/mol. The summed E-state index contributed by atoms with van der Waals surface area (Å²) in [6, 6.07) is -0.0746. The van der Waals surface area contributed by atoms with Crippen LogP contribution in [0.5, 0.6) is 0 Å². The van der Waals surface area contributed by atoms with Crippen LogP contribution in [0.25, 0.3) is 0 Å². The van der Waals surface area contributed by atoms with Gasteiger partial charge in [0.05, 0.1) is 24.9 Å². The van der Waals surface area contributed by atoms with E-state index < -0.39 is 17.8 Å². The average Bonchev–Trinajstić information content (AvgIpc) is 2.48. The van der Waals surface area contributed by atoms with Crippen molar-refractivity contribution in [1.29, 1.82) is 0 Å². The van der Waals surface area contributed by atoms with E-state index in [9.17, 15) is 9.90 Å². The van der Waals surface area contributed by atoms with E-state index in [0.29, 0.717) is 13.0 Å². The van der Waals surface area contributed by atoms with E-state index >= 15 is 0 Å². The Morgan fingerprint density at radius 3 is 2.62 bits per heavy atom. The Labute approximate surface area is 96.1 Å². The number of alkyl carbamates (subject to hydrolysis) is 1. The lowest BCUT2D eigenvalue weighted by Crippen LogP contribution is -2.39. The van der Waals surface area contributed by atoms with Gasteiger partial charge in [-0.2, -0.15) is 0 Å². The predicted molar refractivity (Wildman–Crippen MR) is 59.2 cm³/mol. The number of nitrogens with one attached hydrogen (secondary N) is 1. The largest absolute Gasteiger partial charge is 0.444 e. The van der Waals surface area contributed by atoms with Gasteiger partial charge in [0, 0.05) is 0 Å². The second-order valence-electron chi connectivity index (χ2n) is 5.19. The zero-order chi connectivity index (χ0) is 12.3. The van der Waals surface area contributed by atoms with Gasteiger partial charge in [-0.1, -0.05) is 0 Å². The standard InChI is InChI=1S/C11H21NO4/c1-7(13)9-5-8(6-15-9)12-10(14)16-11(2,3)4/h7-9,13H,5-6H2,1-4H3,(H,12,14). The Morgan fingerprint density at radius 1 is 1.56 bits per heavy atom. The zero-order valence-corrected chi connectivity index (χ0v) is 10.3. The van der Waals surface area contributed by atoms with E-state index in [0.717, 1.165) is 0 Å². The summed E-state index contributed by atoms with van der Waals surface area (Å²) in [4.78, 5) is 11.4. The minimum Gasteiger partial charge on any atom is -0.444 e. The van der Waals surface area contributed by atoms with Gasteiger partial charge in [-0.3, -0.25) is 0 Å². The molecule has 0 radical (unpaired) electrons. The van der Waals surface area contributed by atoms with Crippen molar-refractivity contribution < 1.29 is 19.4 Å². The van der Waals surface area contributed by atoms with Gasteiger partial charge in [0.2, 0.25) is 0 Å². The molecule has 2 N–H and O–H groups in total. The Kier molecular flexibility index (Phi) is 4.15. The normalized spacial score (nSPS) is 27.6. The van der Waals surface area contributed by atoms with Crippen LogP contribution in [0.3, 0.4) is 0 Å². The third-order valence-corrected chi connectivity index (χ3v) is 2.29. The molecular formula is C11H21NO4. The van der Waals surface area contributed by atoms with Gasteiger partial charge in [0.1, 0.15) is 5.60 Å². The summed E-state index contributed by atoms with van der Waals surface area (Å²) < 4.78 is 10.5. The molecule has 3 unspecified atom stereocenters. The van der Waals surface area contributed by atoms with Crippen LogP contribution in [0.4, 0.5) is 4.79 Å². The number of hydrogen-bond donors (Lipinski definition) is 2. The molecule has 1 rings (SSSR count). The van der Waals surface area contributed by atoms with Crippen molar-refractivity contribution in [3.63, 3.8) is 0 Å². The van der Waals surface area contributed by atoms with Crippen LogP contribution in [0.2, 0.25) is 0 Å². The van der Waals surface area contributed by atoms with Gasteiger partial charge in [-0.05, 0) is 34.1 Å². The van der Waals surface area contributed by atoms with Crippen LogP contribution >= 0.6 is 0 Å². The number of aliphatic hydroxyl groups is 1. The van der Waals surface area contributed by atoms with Gasteiger partial charge in [0.15, 0.2) is 0 Å². The summed E-state index contributed by atoms with van der Waals surface area (Å²) in [5.41, 5.74) is -0.493. The van der Waals surface area contributed by atoms with Crippen molar-refractivity contribution in [3.05, 3.63) is 0 Å². The second-order valence-corrected chi connectivity index (χ2v) is 5.19. The van der Waals surface area contributed by atoms with Gasteiger partial charge in [0.25, 0.3) is 0 Å². The van der Waals surface area contributed by atoms with Crippen molar-refractivity contribution in [2.45, 2.75) is 58.0 Å². The molecule has 1 fully saturated rings. The lowest BCUT2D eigenvalue weighted by Gasteiger charge is -2.21. The number of aliphatic hydroxyl groups excluding tert-OH is 1. The number of amides is 1. The summed E-state index contributed by atoms with van der Waals surface area (Å²) in [5, 5.41) is 12.0. The fourth-order valence-electron chi connectivity index (χ4n) is 1.57. The van der Waals surface area contributed by atoms with Crippen molar-refractivity contribution >= 4 is 6.09 Å². The first-order valence-corrected chi connectivity index (χ1v) is 5.57. The molecule has 1 saturated heterocycles. The first-order chi connectivity index (χ1) is 7.28.